The summed E-state index contributed by atoms with van der Waals surface area (Å²) in [6.45, 7) is 8.73. The van der Waals surface area contributed by atoms with E-state index in [-0.39, 0.29) is 5.92 Å². The van der Waals surface area contributed by atoms with Crippen molar-refractivity contribution >= 4 is 0 Å². The van der Waals surface area contributed by atoms with Crippen LogP contribution in [0.3, 0.4) is 0 Å². The fourth-order valence-electron chi connectivity index (χ4n) is 1.94. The van der Waals surface area contributed by atoms with Crippen LogP contribution in [0.4, 0.5) is 0 Å². The molecule has 1 aromatic heterocycles. The van der Waals surface area contributed by atoms with Crippen LogP contribution in [0, 0.1) is 17.2 Å². The van der Waals surface area contributed by atoms with E-state index in [9.17, 15) is 0 Å². The monoisotopic (exact) mass is 234 g/mol. The lowest BCUT2D eigenvalue weighted by molar-refractivity contribution is 0.293. The second kappa shape index (κ2) is 6.41. The van der Waals surface area contributed by atoms with Crippen molar-refractivity contribution in [3.8, 4) is 6.07 Å². The lowest BCUT2D eigenvalue weighted by atomic mass is 10.2. The molecule has 1 aromatic rings. The van der Waals surface area contributed by atoms with Gasteiger partial charge in [0.25, 0.3) is 0 Å². The molecular weight excluding hydrogens is 212 g/mol. The second-order valence-electron chi connectivity index (χ2n) is 4.52. The number of rotatable bonds is 6. The van der Waals surface area contributed by atoms with E-state index in [4.69, 9.17) is 5.26 Å². The molecule has 0 aliphatic heterocycles. The first-order valence-electron chi connectivity index (χ1n) is 6.24. The number of nitriles is 1. The molecule has 1 atom stereocenters. The zero-order chi connectivity index (χ0) is 12.8. The fraction of sp³-hybridized carbons (Fsp3) is 0.692. The van der Waals surface area contributed by atoms with Gasteiger partial charge in [0.1, 0.15) is 0 Å². The molecule has 1 heterocycles. The summed E-state index contributed by atoms with van der Waals surface area (Å²) in [7, 11) is 2.05. The highest BCUT2D eigenvalue weighted by molar-refractivity contribution is 5.10. The number of hydrogen-bond donors (Lipinski definition) is 0. The molecule has 0 saturated heterocycles. The van der Waals surface area contributed by atoms with Crippen molar-refractivity contribution in [1.29, 1.82) is 5.26 Å². The Morgan fingerprint density at radius 2 is 2.24 bits per heavy atom. The third kappa shape index (κ3) is 3.86. The van der Waals surface area contributed by atoms with E-state index in [0.29, 0.717) is 0 Å². The summed E-state index contributed by atoms with van der Waals surface area (Å²) in [5.41, 5.74) is 2.38. The summed E-state index contributed by atoms with van der Waals surface area (Å²) in [6, 6.07) is 4.43. The number of hydrogen-bond acceptors (Lipinski definition) is 3. The molecule has 0 amide bonds. The van der Waals surface area contributed by atoms with Crippen molar-refractivity contribution in [2.45, 2.75) is 40.3 Å². The second-order valence-corrected chi connectivity index (χ2v) is 4.52. The van der Waals surface area contributed by atoms with Gasteiger partial charge in [-0.15, -0.1) is 0 Å². The molecule has 0 spiro atoms. The van der Waals surface area contributed by atoms with E-state index >= 15 is 0 Å². The Hall–Kier alpha value is -1.34. The Morgan fingerprint density at radius 3 is 2.76 bits per heavy atom. The lowest BCUT2D eigenvalue weighted by Gasteiger charge is -2.18. The Kier molecular flexibility index (Phi) is 5.17. The molecule has 0 saturated carbocycles. The molecule has 17 heavy (non-hydrogen) atoms. The number of nitrogens with zero attached hydrogens (tertiary/aromatic N) is 4. The van der Waals surface area contributed by atoms with Crippen molar-refractivity contribution < 1.29 is 0 Å². The molecule has 1 unspecified atom stereocenters. The summed E-state index contributed by atoms with van der Waals surface area (Å²) in [5.74, 6) is 0.0728. The highest BCUT2D eigenvalue weighted by Crippen LogP contribution is 2.09. The predicted octanol–water partition coefficient (Wildman–Crippen LogP) is 2.06. The lowest BCUT2D eigenvalue weighted by Crippen LogP contribution is -2.24. The number of aromatic nitrogens is 2. The summed E-state index contributed by atoms with van der Waals surface area (Å²) in [6.07, 6.45) is 0.971. The van der Waals surface area contributed by atoms with Gasteiger partial charge in [-0.3, -0.25) is 9.58 Å². The molecular formula is C13H22N4. The molecule has 0 fully saturated rings. The van der Waals surface area contributed by atoms with Gasteiger partial charge in [0.2, 0.25) is 0 Å². The maximum absolute atomic E-state index is 8.80. The number of aryl methyl sites for hydroxylation is 2. The third-order valence-corrected chi connectivity index (χ3v) is 2.81. The molecule has 1 rings (SSSR count). The first-order chi connectivity index (χ1) is 8.10. The van der Waals surface area contributed by atoms with Crippen LogP contribution in [-0.2, 0) is 19.5 Å². The standard InChI is InChI=1S/C13H22N4/c1-5-12-7-13(17(6-2)15-12)10-16(4)9-11(3)8-14/h7,11H,5-6,9-10H2,1-4H3. The quantitative estimate of drug-likeness (QED) is 0.756. The van der Waals surface area contributed by atoms with E-state index in [2.05, 4.69) is 36.0 Å². The minimum Gasteiger partial charge on any atom is -0.299 e. The molecule has 0 N–H and O–H groups in total. The van der Waals surface area contributed by atoms with E-state index in [1.54, 1.807) is 0 Å². The minimum absolute atomic E-state index is 0.0728. The fourth-order valence-corrected chi connectivity index (χ4v) is 1.94. The molecule has 0 aromatic carbocycles. The van der Waals surface area contributed by atoms with Gasteiger partial charge in [-0.05, 0) is 33.4 Å². The Bertz CT molecular complexity index is 389. The van der Waals surface area contributed by atoms with Crippen LogP contribution in [0.1, 0.15) is 32.2 Å². The Balaban J connectivity index is 2.67. The van der Waals surface area contributed by atoms with Gasteiger partial charge >= 0.3 is 0 Å². The predicted molar refractivity (Wildman–Crippen MR) is 68.4 cm³/mol. The average Bonchev–Trinajstić information content (AvgIpc) is 2.70. The van der Waals surface area contributed by atoms with Gasteiger partial charge in [0.05, 0.1) is 23.4 Å². The van der Waals surface area contributed by atoms with Crippen LogP contribution >= 0.6 is 0 Å². The van der Waals surface area contributed by atoms with Crippen molar-refractivity contribution in [3.63, 3.8) is 0 Å². The van der Waals surface area contributed by atoms with Gasteiger partial charge in [0.15, 0.2) is 0 Å². The van der Waals surface area contributed by atoms with Gasteiger partial charge in [-0.1, -0.05) is 6.92 Å². The maximum atomic E-state index is 8.80. The van der Waals surface area contributed by atoms with Crippen LogP contribution in [0.5, 0.6) is 0 Å². The van der Waals surface area contributed by atoms with Crippen LogP contribution in [0.2, 0.25) is 0 Å². The smallest absolute Gasteiger partial charge is 0.0666 e. The normalized spacial score (nSPS) is 12.7. The van der Waals surface area contributed by atoms with Gasteiger partial charge in [-0.2, -0.15) is 10.4 Å². The zero-order valence-electron chi connectivity index (χ0n) is 11.3. The van der Waals surface area contributed by atoms with E-state index in [1.807, 2.05) is 18.7 Å². The highest BCUT2D eigenvalue weighted by atomic mass is 15.3. The maximum Gasteiger partial charge on any atom is 0.0666 e. The SMILES string of the molecule is CCc1cc(CN(C)CC(C)C#N)n(CC)n1. The van der Waals surface area contributed by atoms with E-state index in [1.165, 1.54) is 5.69 Å². The molecule has 0 bridgehead atoms. The molecule has 4 nitrogen and oxygen atoms in total. The van der Waals surface area contributed by atoms with Crippen LogP contribution in [0.15, 0.2) is 6.07 Å². The molecule has 94 valence electrons. The van der Waals surface area contributed by atoms with E-state index < -0.39 is 0 Å². The third-order valence-electron chi connectivity index (χ3n) is 2.81. The van der Waals surface area contributed by atoms with Crippen molar-refractivity contribution in [1.82, 2.24) is 14.7 Å². The Morgan fingerprint density at radius 1 is 1.53 bits per heavy atom. The van der Waals surface area contributed by atoms with Gasteiger partial charge in [0, 0.05) is 19.6 Å². The summed E-state index contributed by atoms with van der Waals surface area (Å²) < 4.78 is 2.05. The van der Waals surface area contributed by atoms with Crippen LogP contribution in [-0.4, -0.2) is 28.3 Å². The van der Waals surface area contributed by atoms with Crippen LogP contribution < -0.4 is 0 Å². The minimum atomic E-state index is 0.0728. The Labute approximate surface area is 104 Å². The molecule has 0 radical (unpaired) electrons. The van der Waals surface area contributed by atoms with Gasteiger partial charge < -0.3 is 0 Å². The van der Waals surface area contributed by atoms with E-state index in [0.717, 1.165) is 31.7 Å². The molecule has 0 aliphatic carbocycles. The molecule has 4 heteroatoms. The zero-order valence-corrected chi connectivity index (χ0v) is 11.3. The highest BCUT2D eigenvalue weighted by Gasteiger charge is 2.10. The van der Waals surface area contributed by atoms with Crippen molar-refractivity contribution in [2.75, 3.05) is 13.6 Å². The van der Waals surface area contributed by atoms with Crippen molar-refractivity contribution in [2.24, 2.45) is 5.92 Å². The van der Waals surface area contributed by atoms with Crippen LogP contribution in [0.25, 0.3) is 0 Å². The first kappa shape index (κ1) is 13.7. The topological polar surface area (TPSA) is 44.9 Å². The largest absolute Gasteiger partial charge is 0.299 e. The summed E-state index contributed by atoms with van der Waals surface area (Å²) in [4.78, 5) is 2.18. The first-order valence-corrected chi connectivity index (χ1v) is 6.24. The molecule has 0 aliphatic rings. The summed E-state index contributed by atoms with van der Waals surface area (Å²) >= 11 is 0. The summed E-state index contributed by atoms with van der Waals surface area (Å²) in [5, 5.41) is 13.3. The average molecular weight is 234 g/mol. The van der Waals surface area contributed by atoms with Crippen molar-refractivity contribution in [3.05, 3.63) is 17.5 Å². The van der Waals surface area contributed by atoms with Gasteiger partial charge in [-0.25, -0.2) is 0 Å².